The summed E-state index contributed by atoms with van der Waals surface area (Å²) in [5.41, 5.74) is 10.1. The fraction of sp³-hybridized carbons (Fsp3) is 0. The Morgan fingerprint density at radius 3 is 1.72 bits per heavy atom. The Labute approximate surface area is 287 Å². The van der Waals surface area contributed by atoms with Crippen LogP contribution in [-0.2, 0) is 0 Å². The van der Waals surface area contributed by atoms with Crippen molar-refractivity contribution >= 4 is 43.7 Å². The zero-order chi connectivity index (χ0) is 33.0. The van der Waals surface area contributed by atoms with Gasteiger partial charge in [0, 0.05) is 43.9 Å². The normalized spacial score (nSPS) is 11.6. The van der Waals surface area contributed by atoms with Crippen LogP contribution in [0.1, 0.15) is 0 Å². The molecule has 10 rings (SSSR count). The summed E-state index contributed by atoms with van der Waals surface area (Å²) in [4.78, 5) is 15.1. The second-order valence-electron chi connectivity index (χ2n) is 12.5. The fourth-order valence-corrected chi connectivity index (χ4v) is 7.06. The van der Waals surface area contributed by atoms with E-state index in [2.05, 4.69) is 120 Å². The van der Waals surface area contributed by atoms with Gasteiger partial charge in [-0.2, -0.15) is 0 Å². The van der Waals surface area contributed by atoms with Crippen LogP contribution in [0.25, 0.3) is 94.7 Å². The van der Waals surface area contributed by atoms with E-state index in [0.717, 1.165) is 55.3 Å². The average Bonchev–Trinajstić information content (AvgIpc) is 3.73. The number of fused-ring (bicyclic) bond motifs is 6. The van der Waals surface area contributed by atoms with Crippen LogP contribution < -0.4 is 0 Å². The molecule has 0 spiro atoms. The highest BCUT2D eigenvalue weighted by Crippen LogP contribution is 2.36. The number of benzene rings is 7. The van der Waals surface area contributed by atoms with Gasteiger partial charge in [-0.1, -0.05) is 121 Å². The highest BCUT2D eigenvalue weighted by Gasteiger charge is 2.17. The summed E-state index contributed by atoms with van der Waals surface area (Å²) >= 11 is 0. The van der Waals surface area contributed by atoms with E-state index in [0.29, 0.717) is 17.5 Å². The molecule has 0 N–H and O–H groups in total. The van der Waals surface area contributed by atoms with E-state index in [1.54, 1.807) is 0 Å². The minimum absolute atomic E-state index is 0.590. The van der Waals surface area contributed by atoms with Gasteiger partial charge in [0.15, 0.2) is 17.5 Å². The van der Waals surface area contributed by atoms with Gasteiger partial charge in [0.2, 0.25) is 0 Å². The molecule has 0 atom stereocenters. The monoisotopic (exact) mass is 640 g/mol. The van der Waals surface area contributed by atoms with Crippen LogP contribution in [0.5, 0.6) is 0 Å². The topological polar surface area (TPSA) is 56.7 Å². The zero-order valence-electron chi connectivity index (χ0n) is 26.9. The third-order valence-electron chi connectivity index (χ3n) is 9.45. The predicted molar refractivity (Wildman–Crippen MR) is 203 cm³/mol. The van der Waals surface area contributed by atoms with Crippen LogP contribution in [0.3, 0.4) is 0 Å². The molecule has 0 saturated carbocycles. The van der Waals surface area contributed by atoms with E-state index >= 15 is 0 Å². The maximum atomic E-state index is 6.23. The second kappa shape index (κ2) is 11.4. The van der Waals surface area contributed by atoms with Crippen molar-refractivity contribution in [2.75, 3.05) is 0 Å². The molecule has 0 bridgehead atoms. The third-order valence-corrected chi connectivity index (χ3v) is 9.45. The summed E-state index contributed by atoms with van der Waals surface area (Å²) in [6, 6.07) is 58.7. The molecular weight excluding hydrogens is 613 g/mol. The largest absolute Gasteiger partial charge is 0.456 e. The molecular formula is C45H28N4O. The molecule has 3 aromatic heterocycles. The number of rotatable bonds is 5. The Balaban J connectivity index is 1.14. The van der Waals surface area contributed by atoms with Crippen LogP contribution in [-0.4, -0.2) is 19.5 Å². The van der Waals surface area contributed by atoms with E-state index in [9.17, 15) is 0 Å². The lowest BCUT2D eigenvalue weighted by molar-refractivity contribution is 0.669. The molecule has 0 amide bonds. The van der Waals surface area contributed by atoms with Gasteiger partial charge in [-0.25, -0.2) is 15.0 Å². The molecule has 5 heteroatoms. The second-order valence-corrected chi connectivity index (χ2v) is 12.5. The molecule has 0 aliphatic heterocycles. The Morgan fingerprint density at radius 2 is 0.920 bits per heavy atom. The maximum absolute atomic E-state index is 6.23. The molecule has 0 radical (unpaired) electrons. The maximum Gasteiger partial charge on any atom is 0.164 e. The van der Waals surface area contributed by atoms with Gasteiger partial charge in [0.05, 0.1) is 11.0 Å². The SMILES string of the molecule is c1ccc(-c2ccc3c(c2)c2ccccc2n3-c2cccc(-c3nc(-c4ccccc4)nc(-c4ccc5c(c4)oc4ccccc45)n3)c2)cc1. The molecule has 10 aromatic rings. The van der Waals surface area contributed by atoms with Crippen molar-refractivity contribution in [2.24, 2.45) is 0 Å². The first kappa shape index (κ1) is 28.2. The number of furan rings is 1. The standard InChI is InChI=1S/C45H28N4O/c1-3-12-29(13-4-1)31-23-25-40-38(27-31)35-18-7-9-20-39(35)49(40)34-17-11-16-32(26-34)44-46-43(30-14-5-2-6-15-30)47-45(48-44)33-22-24-37-36-19-8-10-21-41(36)50-42(37)28-33/h1-28H. The van der Waals surface area contributed by atoms with E-state index in [1.165, 1.54) is 21.9 Å². The molecule has 5 nitrogen and oxygen atoms in total. The highest BCUT2D eigenvalue weighted by atomic mass is 16.3. The Hall–Kier alpha value is -6.85. The van der Waals surface area contributed by atoms with Crippen molar-refractivity contribution in [3.8, 4) is 51.0 Å². The predicted octanol–water partition coefficient (Wildman–Crippen LogP) is 11.5. The number of hydrogen-bond acceptors (Lipinski definition) is 4. The van der Waals surface area contributed by atoms with Gasteiger partial charge in [-0.15, -0.1) is 0 Å². The molecule has 0 aliphatic carbocycles. The molecule has 7 aromatic carbocycles. The molecule has 3 heterocycles. The Bertz CT molecular complexity index is 2870. The van der Waals surface area contributed by atoms with Crippen LogP contribution in [0, 0.1) is 0 Å². The number of nitrogens with zero attached hydrogens (tertiary/aromatic N) is 4. The molecule has 234 valence electrons. The first-order chi connectivity index (χ1) is 24.8. The summed E-state index contributed by atoms with van der Waals surface area (Å²) in [6.45, 7) is 0. The number of hydrogen-bond donors (Lipinski definition) is 0. The quantitative estimate of drug-likeness (QED) is 0.188. The van der Waals surface area contributed by atoms with Crippen molar-refractivity contribution in [2.45, 2.75) is 0 Å². The molecule has 0 fully saturated rings. The van der Waals surface area contributed by atoms with Gasteiger partial charge in [-0.3, -0.25) is 0 Å². The van der Waals surface area contributed by atoms with E-state index in [1.807, 2.05) is 54.6 Å². The van der Waals surface area contributed by atoms with E-state index in [-0.39, 0.29) is 0 Å². The van der Waals surface area contributed by atoms with Crippen LogP contribution in [0.4, 0.5) is 0 Å². The van der Waals surface area contributed by atoms with Gasteiger partial charge >= 0.3 is 0 Å². The lowest BCUT2D eigenvalue weighted by Crippen LogP contribution is -2.01. The van der Waals surface area contributed by atoms with Gasteiger partial charge < -0.3 is 8.98 Å². The lowest BCUT2D eigenvalue weighted by Gasteiger charge is -2.12. The Kier molecular flexibility index (Phi) is 6.42. The number of para-hydroxylation sites is 2. The van der Waals surface area contributed by atoms with Crippen molar-refractivity contribution in [1.82, 2.24) is 19.5 Å². The summed E-state index contributed by atoms with van der Waals surface area (Å²) in [6.07, 6.45) is 0. The smallest absolute Gasteiger partial charge is 0.164 e. The van der Waals surface area contributed by atoms with Crippen molar-refractivity contribution in [3.63, 3.8) is 0 Å². The molecule has 50 heavy (non-hydrogen) atoms. The number of aromatic nitrogens is 4. The first-order valence-electron chi connectivity index (χ1n) is 16.7. The van der Waals surface area contributed by atoms with Crippen molar-refractivity contribution in [1.29, 1.82) is 0 Å². The van der Waals surface area contributed by atoms with E-state index < -0.39 is 0 Å². The van der Waals surface area contributed by atoms with Crippen LogP contribution >= 0.6 is 0 Å². The highest BCUT2D eigenvalue weighted by molar-refractivity contribution is 6.10. The first-order valence-corrected chi connectivity index (χ1v) is 16.7. The summed E-state index contributed by atoms with van der Waals surface area (Å²) in [7, 11) is 0. The van der Waals surface area contributed by atoms with Crippen LogP contribution in [0.2, 0.25) is 0 Å². The van der Waals surface area contributed by atoms with E-state index in [4.69, 9.17) is 19.4 Å². The average molecular weight is 641 g/mol. The lowest BCUT2D eigenvalue weighted by atomic mass is 10.0. The molecule has 0 aliphatic rings. The third kappa shape index (κ3) is 4.67. The summed E-state index contributed by atoms with van der Waals surface area (Å²) in [5, 5.41) is 4.58. The van der Waals surface area contributed by atoms with Gasteiger partial charge in [0.25, 0.3) is 0 Å². The minimum Gasteiger partial charge on any atom is -0.456 e. The Morgan fingerprint density at radius 1 is 0.340 bits per heavy atom. The summed E-state index contributed by atoms with van der Waals surface area (Å²) < 4.78 is 8.56. The fourth-order valence-electron chi connectivity index (χ4n) is 7.06. The molecule has 0 saturated heterocycles. The van der Waals surface area contributed by atoms with Gasteiger partial charge in [0.1, 0.15) is 11.2 Å². The zero-order valence-corrected chi connectivity index (χ0v) is 26.9. The van der Waals surface area contributed by atoms with Crippen molar-refractivity contribution < 1.29 is 4.42 Å². The van der Waals surface area contributed by atoms with Crippen molar-refractivity contribution in [3.05, 3.63) is 170 Å². The van der Waals surface area contributed by atoms with Crippen LogP contribution in [0.15, 0.2) is 174 Å². The summed E-state index contributed by atoms with van der Waals surface area (Å²) in [5.74, 6) is 1.81. The molecule has 0 unspecified atom stereocenters. The van der Waals surface area contributed by atoms with Gasteiger partial charge in [-0.05, 0) is 59.7 Å². The minimum atomic E-state index is 0.590.